The Morgan fingerprint density at radius 3 is 0.758 bits per heavy atom. The Balaban J connectivity index is 0.000000108. The number of rotatable bonds is 9. The van der Waals surface area contributed by atoms with Crippen LogP contribution in [0.5, 0.6) is 0 Å². The van der Waals surface area contributed by atoms with Crippen molar-refractivity contribution >= 4 is 131 Å². The lowest BCUT2D eigenvalue weighted by molar-refractivity contribution is 1.13. The van der Waals surface area contributed by atoms with Gasteiger partial charge in [0.05, 0.1) is 120 Å². The monoisotopic (exact) mass is 1530 g/mol. The summed E-state index contributed by atoms with van der Waals surface area (Å²) in [6, 6.07) is 134. The maximum absolute atomic E-state index is 9.98. The van der Waals surface area contributed by atoms with Crippen molar-refractivity contribution in [2.75, 3.05) is 0 Å². The van der Waals surface area contributed by atoms with E-state index in [2.05, 4.69) is 358 Å². The fourth-order valence-electron chi connectivity index (χ4n) is 18.3. The van der Waals surface area contributed by atoms with Crippen LogP contribution in [-0.4, -0.2) is 42.4 Å². The van der Waals surface area contributed by atoms with Crippen molar-refractivity contribution in [3.05, 3.63) is 418 Å². The van der Waals surface area contributed by atoms with Crippen LogP contribution >= 0.6 is 0 Å². The zero-order valence-corrected chi connectivity index (χ0v) is 64.5. The molecule has 0 atom stereocenters. The van der Waals surface area contributed by atoms with Crippen molar-refractivity contribution in [3.8, 4) is 85.7 Å². The molecule has 0 fully saturated rings. The third kappa shape index (κ3) is 11.5. The standard InChI is InChI=1S/3C36H22N4/c37-22-24-8-7-9-25(18-24)26-19-27(39-33-13-4-1-10-29(33)30-11-2-5-14-34(30)39)21-28(20-26)40-35-15-6-3-12-31(35)32-16-17-38-23-36(32)40;37-22-24-13-15-25(16-14-24)26-19-27(39-33-10-4-1-7-29(33)30-8-2-5-11-34(30)39)21-28(20-26)40-35-12-6-3-9-31(35)32-17-18-38-23-36(32)40;37-22-24-9-1-2-10-28(24)25-19-26(39-33-14-6-3-11-29(33)30-12-4-7-15-34(30)39)21-27(20-25)40-35-16-8-5-13-31(35)32-17-18-38-23-36(32)40/h3*1-21,23H. The van der Waals surface area contributed by atoms with Crippen molar-refractivity contribution in [1.82, 2.24) is 42.4 Å². The van der Waals surface area contributed by atoms with Crippen LogP contribution < -0.4 is 0 Å². The molecule has 0 aliphatic carbocycles. The molecule has 0 bridgehead atoms. The van der Waals surface area contributed by atoms with Crippen LogP contribution in [0.2, 0.25) is 0 Å². The summed E-state index contributed by atoms with van der Waals surface area (Å²) in [7, 11) is 0. The summed E-state index contributed by atoms with van der Waals surface area (Å²) < 4.78 is 13.9. The molecular formula is C108H66N12. The first-order valence-corrected chi connectivity index (χ1v) is 39.8. The fourth-order valence-corrected chi connectivity index (χ4v) is 18.3. The van der Waals surface area contributed by atoms with E-state index in [-0.39, 0.29) is 0 Å². The van der Waals surface area contributed by atoms with Crippen LogP contribution in [0.4, 0.5) is 0 Å². The number of pyridine rings is 3. The SMILES string of the molecule is N#Cc1ccc(-c2cc(-n3c4ccccc4c4ccccc43)cc(-n3c4ccccc4c4ccncc43)c2)cc1.N#Cc1cccc(-c2cc(-n3c4ccccc4c4ccccc43)cc(-n3c4ccccc4c4ccncc43)c2)c1.N#Cc1ccccc1-c1cc(-n2c3ccccc3c3ccccc32)cc(-n2c3ccccc3c3ccncc32)c1. The highest BCUT2D eigenvalue weighted by Crippen LogP contribution is 2.43. The van der Waals surface area contributed by atoms with Crippen molar-refractivity contribution in [1.29, 1.82) is 15.8 Å². The largest absolute Gasteiger partial charge is 0.309 e. The Labute approximate surface area is 688 Å². The van der Waals surface area contributed by atoms with Gasteiger partial charge in [-0.1, -0.05) is 206 Å². The van der Waals surface area contributed by atoms with E-state index in [1.54, 1.807) is 0 Å². The van der Waals surface area contributed by atoms with Gasteiger partial charge in [0, 0.05) is 117 Å². The lowest BCUT2D eigenvalue weighted by atomic mass is 9.99. The van der Waals surface area contributed by atoms with Gasteiger partial charge in [0.2, 0.25) is 0 Å². The number of hydrogen-bond acceptors (Lipinski definition) is 6. The molecule has 0 radical (unpaired) electrons. The van der Waals surface area contributed by atoms with E-state index in [0.717, 1.165) is 139 Å². The molecule has 120 heavy (non-hydrogen) atoms. The van der Waals surface area contributed by atoms with Crippen LogP contribution in [0, 0.1) is 34.0 Å². The molecule has 9 aromatic heterocycles. The first-order valence-electron chi connectivity index (χ1n) is 39.8. The van der Waals surface area contributed by atoms with E-state index in [0.29, 0.717) is 16.7 Å². The summed E-state index contributed by atoms with van der Waals surface area (Å²) in [6.07, 6.45) is 11.4. The van der Waals surface area contributed by atoms with Gasteiger partial charge in [-0.3, -0.25) is 15.0 Å². The third-order valence-corrected chi connectivity index (χ3v) is 23.5. The molecule has 0 saturated heterocycles. The van der Waals surface area contributed by atoms with Gasteiger partial charge in [0.15, 0.2) is 0 Å². The summed E-state index contributed by atoms with van der Waals surface area (Å²) in [5.41, 5.74) is 27.7. The maximum atomic E-state index is 9.98. The number of nitriles is 3. The average Bonchev–Trinajstić information content (AvgIpc) is 1.59. The Morgan fingerprint density at radius 2 is 0.450 bits per heavy atom. The first-order chi connectivity index (χ1) is 59.4. The molecule has 0 spiro atoms. The van der Waals surface area contributed by atoms with Gasteiger partial charge >= 0.3 is 0 Å². The van der Waals surface area contributed by atoms with E-state index in [1.165, 1.54) is 59.2 Å². The summed E-state index contributed by atoms with van der Waals surface area (Å²) >= 11 is 0. The van der Waals surface area contributed by atoms with Gasteiger partial charge in [-0.15, -0.1) is 0 Å². The average molecular weight is 1530 g/mol. The van der Waals surface area contributed by atoms with Crippen molar-refractivity contribution < 1.29 is 0 Å². The van der Waals surface area contributed by atoms with Gasteiger partial charge in [-0.2, -0.15) is 15.8 Å². The number of para-hydroxylation sites is 9. The third-order valence-electron chi connectivity index (χ3n) is 23.5. The van der Waals surface area contributed by atoms with Crippen molar-refractivity contribution in [3.63, 3.8) is 0 Å². The minimum Gasteiger partial charge on any atom is -0.309 e. The highest BCUT2D eigenvalue weighted by molar-refractivity contribution is 6.15. The molecule has 0 N–H and O–H groups in total. The molecule has 0 saturated carbocycles. The smallest absolute Gasteiger partial charge is 0.0998 e. The normalized spacial score (nSPS) is 11.5. The molecule has 9 heterocycles. The predicted molar refractivity (Wildman–Crippen MR) is 489 cm³/mol. The number of benzene rings is 15. The van der Waals surface area contributed by atoms with Crippen molar-refractivity contribution in [2.45, 2.75) is 0 Å². The topological polar surface area (TPSA) is 140 Å². The summed E-state index contributed by atoms with van der Waals surface area (Å²) in [4.78, 5) is 13.5. The fraction of sp³-hybridized carbons (Fsp3) is 0. The second-order valence-corrected chi connectivity index (χ2v) is 30.1. The summed E-state index contributed by atoms with van der Waals surface area (Å²) in [5.74, 6) is 0. The van der Waals surface area contributed by atoms with E-state index >= 15 is 0 Å². The molecule has 24 rings (SSSR count). The van der Waals surface area contributed by atoms with E-state index in [4.69, 9.17) is 0 Å². The van der Waals surface area contributed by atoms with Gasteiger partial charge in [0.1, 0.15) is 0 Å². The molecule has 0 aliphatic rings. The Bertz CT molecular complexity index is 7710. The van der Waals surface area contributed by atoms with Crippen LogP contribution in [-0.2, 0) is 0 Å². The van der Waals surface area contributed by atoms with E-state index in [1.807, 2.05) is 104 Å². The molecule has 0 unspecified atom stereocenters. The van der Waals surface area contributed by atoms with Gasteiger partial charge in [0.25, 0.3) is 0 Å². The summed E-state index contributed by atoms with van der Waals surface area (Å²) in [5, 5.41) is 43.4. The highest BCUT2D eigenvalue weighted by Gasteiger charge is 2.23. The summed E-state index contributed by atoms with van der Waals surface area (Å²) in [6.45, 7) is 0. The van der Waals surface area contributed by atoms with Gasteiger partial charge < -0.3 is 27.4 Å². The van der Waals surface area contributed by atoms with Crippen molar-refractivity contribution in [2.24, 2.45) is 0 Å². The minimum atomic E-state index is 0.641. The lowest BCUT2D eigenvalue weighted by Crippen LogP contribution is -2.00. The quantitative estimate of drug-likeness (QED) is 0.141. The van der Waals surface area contributed by atoms with Crippen LogP contribution in [0.25, 0.3) is 198 Å². The Hall–Kier alpha value is -17.0. The molecule has 15 aromatic carbocycles. The maximum Gasteiger partial charge on any atom is 0.0998 e. The Kier molecular flexibility index (Phi) is 16.8. The molecule has 0 amide bonds. The van der Waals surface area contributed by atoms with Gasteiger partial charge in [-0.05, 0) is 191 Å². The molecule has 12 nitrogen and oxygen atoms in total. The molecule has 558 valence electrons. The predicted octanol–water partition coefficient (Wildman–Crippen LogP) is 26.4. The number of nitrogens with zero attached hydrogens (tertiary/aromatic N) is 12. The highest BCUT2D eigenvalue weighted by atomic mass is 15.0. The Morgan fingerprint density at radius 1 is 0.183 bits per heavy atom. The lowest BCUT2D eigenvalue weighted by Gasteiger charge is -2.16. The first kappa shape index (κ1) is 69.7. The molecule has 0 aliphatic heterocycles. The van der Waals surface area contributed by atoms with E-state index < -0.39 is 0 Å². The number of fused-ring (bicyclic) bond motifs is 18. The number of aromatic nitrogens is 9. The van der Waals surface area contributed by atoms with Crippen LogP contribution in [0.15, 0.2) is 401 Å². The molecule has 12 heteroatoms. The number of hydrogen-bond donors (Lipinski definition) is 0. The van der Waals surface area contributed by atoms with Gasteiger partial charge in [-0.25, -0.2) is 0 Å². The van der Waals surface area contributed by atoms with Crippen LogP contribution in [0.1, 0.15) is 16.7 Å². The zero-order chi connectivity index (χ0) is 79.9. The minimum absolute atomic E-state index is 0.641. The van der Waals surface area contributed by atoms with Crippen LogP contribution in [0.3, 0.4) is 0 Å². The zero-order valence-electron chi connectivity index (χ0n) is 64.5. The molecular weight excluding hydrogens is 1470 g/mol. The second kappa shape index (κ2) is 28.8. The second-order valence-electron chi connectivity index (χ2n) is 30.1. The molecule has 24 aromatic rings. The van der Waals surface area contributed by atoms with E-state index in [9.17, 15) is 15.8 Å².